The molecule has 0 saturated carbocycles. The number of nitrogens with zero attached hydrogens (tertiary/aromatic N) is 1. The molecule has 0 unspecified atom stereocenters. The molecule has 0 aliphatic carbocycles. The highest BCUT2D eigenvalue weighted by molar-refractivity contribution is 5.04. The van der Waals surface area contributed by atoms with E-state index in [-0.39, 0.29) is 5.41 Å². The van der Waals surface area contributed by atoms with Crippen LogP contribution in [0.3, 0.4) is 0 Å². The van der Waals surface area contributed by atoms with Crippen molar-refractivity contribution in [2.45, 2.75) is 142 Å². The molecule has 1 rings (SSSR count). The highest BCUT2D eigenvalue weighted by Crippen LogP contribution is 2.34. The van der Waals surface area contributed by atoms with Gasteiger partial charge in [-0.25, -0.2) is 4.79 Å². The molecular weight excluding hydrogens is 348 g/mol. The third kappa shape index (κ3) is 9.93. The van der Waals surface area contributed by atoms with Gasteiger partial charge in [0.25, 0.3) is 0 Å². The fraction of sp³-hybridized carbons (Fsp3) is 0.917. The largest absolute Gasteiger partial charge is 0.438 e. The zero-order valence-corrected chi connectivity index (χ0v) is 19.0. The van der Waals surface area contributed by atoms with Crippen molar-refractivity contribution in [1.29, 1.82) is 0 Å². The number of hydrogen-bond donors (Lipinski definition) is 1. The van der Waals surface area contributed by atoms with Crippen LogP contribution in [0.15, 0.2) is 9.32 Å². The van der Waals surface area contributed by atoms with E-state index in [4.69, 9.17) is 4.52 Å². The first-order valence-electron chi connectivity index (χ1n) is 12.2. The zero-order valence-electron chi connectivity index (χ0n) is 19.0. The van der Waals surface area contributed by atoms with Crippen LogP contribution >= 0.6 is 0 Å². The average Bonchev–Trinajstić information content (AvgIpc) is 3.15. The molecule has 0 atom stereocenters. The number of H-pyrrole nitrogens is 1. The number of unbranched alkanes of at least 4 members (excludes halogenated alkanes) is 14. The summed E-state index contributed by atoms with van der Waals surface area (Å²) >= 11 is 0. The van der Waals surface area contributed by atoms with Crippen LogP contribution in [0.25, 0.3) is 0 Å². The maximum atomic E-state index is 11.3. The Labute approximate surface area is 173 Å². The lowest BCUT2D eigenvalue weighted by atomic mass is 9.77. The minimum absolute atomic E-state index is 0.0251. The van der Waals surface area contributed by atoms with Crippen molar-refractivity contribution < 1.29 is 4.52 Å². The Morgan fingerprint density at radius 2 is 1.14 bits per heavy atom. The minimum Gasteiger partial charge on any atom is -0.296 e. The first-order chi connectivity index (χ1) is 13.7. The van der Waals surface area contributed by atoms with Gasteiger partial charge in [0, 0.05) is 5.41 Å². The molecule has 0 amide bonds. The molecule has 1 aromatic rings. The Hall–Kier alpha value is -1.06. The van der Waals surface area contributed by atoms with E-state index < -0.39 is 5.76 Å². The van der Waals surface area contributed by atoms with Crippen LogP contribution in [-0.2, 0) is 5.41 Å². The van der Waals surface area contributed by atoms with Crippen LogP contribution in [0.2, 0.25) is 0 Å². The lowest BCUT2D eigenvalue weighted by Gasteiger charge is -2.28. The maximum Gasteiger partial charge on any atom is 0.438 e. The highest BCUT2D eigenvalue weighted by Gasteiger charge is 2.32. The molecule has 0 aliphatic heterocycles. The van der Waals surface area contributed by atoms with E-state index in [2.05, 4.69) is 30.9 Å². The Kier molecular flexibility index (Phi) is 14.1. The summed E-state index contributed by atoms with van der Waals surface area (Å²) in [5.41, 5.74) is -0.0251. The average molecular weight is 395 g/mol. The van der Waals surface area contributed by atoms with Gasteiger partial charge in [0.1, 0.15) is 0 Å². The van der Waals surface area contributed by atoms with Crippen LogP contribution < -0.4 is 5.76 Å². The van der Waals surface area contributed by atoms with Gasteiger partial charge in [0.2, 0.25) is 0 Å². The normalized spacial score (nSPS) is 12.0. The SMILES string of the molecule is CCCCCCCCCCCCCCCCCC(CC)(CC)c1noc(=O)[nH]1. The summed E-state index contributed by atoms with van der Waals surface area (Å²) in [5, 5.41) is 3.98. The Morgan fingerprint density at radius 3 is 1.50 bits per heavy atom. The van der Waals surface area contributed by atoms with Gasteiger partial charge >= 0.3 is 5.76 Å². The molecule has 1 heterocycles. The van der Waals surface area contributed by atoms with Gasteiger partial charge in [-0.05, 0) is 19.3 Å². The summed E-state index contributed by atoms with van der Waals surface area (Å²) in [6.07, 6.45) is 23.8. The third-order valence-electron chi connectivity index (χ3n) is 6.56. The predicted octanol–water partition coefficient (Wildman–Crippen LogP) is 7.68. The molecule has 0 saturated heterocycles. The number of nitrogens with one attached hydrogen (secondary N) is 1. The van der Waals surface area contributed by atoms with Gasteiger partial charge in [0.15, 0.2) is 5.82 Å². The summed E-state index contributed by atoms with van der Waals surface area (Å²) in [7, 11) is 0. The zero-order chi connectivity index (χ0) is 20.5. The molecule has 4 nitrogen and oxygen atoms in total. The summed E-state index contributed by atoms with van der Waals surface area (Å²) < 4.78 is 4.74. The standard InChI is InChI=1S/C24H46N2O2/c1-4-7-8-9-10-11-12-13-14-15-16-17-18-19-20-21-24(5-2,6-3)22-25-23(27)28-26-22/h4-21H2,1-3H3,(H,25,26,27). The van der Waals surface area contributed by atoms with Crippen molar-refractivity contribution in [2.24, 2.45) is 0 Å². The van der Waals surface area contributed by atoms with Crippen LogP contribution in [0.5, 0.6) is 0 Å². The fourth-order valence-corrected chi connectivity index (χ4v) is 4.35. The highest BCUT2D eigenvalue weighted by atomic mass is 16.5. The lowest BCUT2D eigenvalue weighted by Crippen LogP contribution is -2.26. The molecule has 1 N–H and O–H groups in total. The molecule has 28 heavy (non-hydrogen) atoms. The maximum absolute atomic E-state index is 11.3. The number of aromatic nitrogens is 2. The van der Waals surface area contributed by atoms with Crippen molar-refractivity contribution in [3.63, 3.8) is 0 Å². The van der Waals surface area contributed by atoms with E-state index in [1.165, 1.54) is 96.3 Å². The van der Waals surface area contributed by atoms with E-state index in [1.807, 2.05) is 0 Å². The topological polar surface area (TPSA) is 58.9 Å². The summed E-state index contributed by atoms with van der Waals surface area (Å²) in [6.45, 7) is 6.65. The lowest BCUT2D eigenvalue weighted by molar-refractivity contribution is 0.305. The minimum atomic E-state index is -0.433. The second-order valence-corrected chi connectivity index (χ2v) is 8.63. The molecule has 164 valence electrons. The van der Waals surface area contributed by atoms with E-state index in [0.717, 1.165) is 25.1 Å². The molecule has 0 aliphatic rings. The molecule has 4 heteroatoms. The molecule has 0 fully saturated rings. The molecule has 0 radical (unpaired) electrons. The number of aromatic amines is 1. The van der Waals surface area contributed by atoms with Crippen molar-refractivity contribution in [2.75, 3.05) is 0 Å². The van der Waals surface area contributed by atoms with Crippen molar-refractivity contribution in [1.82, 2.24) is 10.1 Å². The molecule has 0 bridgehead atoms. The monoisotopic (exact) mass is 394 g/mol. The van der Waals surface area contributed by atoms with Gasteiger partial charge < -0.3 is 0 Å². The Morgan fingerprint density at radius 1 is 0.714 bits per heavy atom. The summed E-state index contributed by atoms with van der Waals surface area (Å²) in [6, 6.07) is 0. The smallest absolute Gasteiger partial charge is 0.296 e. The van der Waals surface area contributed by atoms with Crippen molar-refractivity contribution in [3.8, 4) is 0 Å². The van der Waals surface area contributed by atoms with Gasteiger partial charge in [-0.2, -0.15) is 0 Å². The van der Waals surface area contributed by atoms with Crippen LogP contribution in [0.1, 0.15) is 142 Å². The molecule has 0 aromatic carbocycles. The van der Waals surface area contributed by atoms with E-state index in [9.17, 15) is 4.79 Å². The van der Waals surface area contributed by atoms with Gasteiger partial charge in [-0.3, -0.25) is 9.51 Å². The van der Waals surface area contributed by atoms with Crippen molar-refractivity contribution >= 4 is 0 Å². The quantitative estimate of drug-likeness (QED) is 0.245. The second kappa shape index (κ2) is 15.8. The van der Waals surface area contributed by atoms with Gasteiger partial charge in [-0.15, -0.1) is 0 Å². The Bertz CT molecular complexity index is 517. The summed E-state index contributed by atoms with van der Waals surface area (Å²) in [5.74, 6) is 0.311. The van der Waals surface area contributed by atoms with Gasteiger partial charge in [-0.1, -0.05) is 122 Å². The first-order valence-corrected chi connectivity index (χ1v) is 12.2. The molecule has 0 spiro atoms. The Balaban J connectivity index is 1.99. The van der Waals surface area contributed by atoms with Crippen molar-refractivity contribution in [3.05, 3.63) is 16.4 Å². The number of hydrogen-bond acceptors (Lipinski definition) is 3. The van der Waals surface area contributed by atoms with Gasteiger partial charge in [0.05, 0.1) is 0 Å². The van der Waals surface area contributed by atoms with E-state index >= 15 is 0 Å². The first kappa shape index (κ1) is 25.0. The van der Waals surface area contributed by atoms with Crippen LogP contribution in [-0.4, -0.2) is 10.1 Å². The van der Waals surface area contributed by atoms with E-state index in [1.54, 1.807) is 0 Å². The van der Waals surface area contributed by atoms with Crippen LogP contribution in [0.4, 0.5) is 0 Å². The molecular formula is C24H46N2O2. The van der Waals surface area contributed by atoms with E-state index in [0.29, 0.717) is 0 Å². The second-order valence-electron chi connectivity index (χ2n) is 8.63. The predicted molar refractivity (Wildman–Crippen MR) is 119 cm³/mol. The third-order valence-corrected chi connectivity index (χ3v) is 6.56. The summed E-state index contributed by atoms with van der Waals surface area (Å²) in [4.78, 5) is 14.1. The fourth-order valence-electron chi connectivity index (χ4n) is 4.35. The number of rotatable bonds is 19. The van der Waals surface area contributed by atoms with Crippen LogP contribution in [0, 0.1) is 0 Å². The molecule has 1 aromatic heterocycles.